The van der Waals surface area contributed by atoms with Crippen LogP contribution in [0.2, 0.25) is 0 Å². The fraction of sp³-hybridized carbons (Fsp3) is 0.472. The van der Waals surface area contributed by atoms with E-state index < -0.39 is 12.1 Å². The first kappa shape index (κ1) is 34.7. The summed E-state index contributed by atoms with van der Waals surface area (Å²) in [6, 6.07) is 18.1. The summed E-state index contributed by atoms with van der Waals surface area (Å²) in [5.74, 6) is 0.145. The van der Waals surface area contributed by atoms with Crippen molar-refractivity contribution < 1.29 is 24.9 Å². The minimum Gasteiger partial charge on any atom is -0.478 e. The molecule has 10 nitrogen and oxygen atoms in total. The van der Waals surface area contributed by atoms with Crippen LogP contribution in [0.5, 0.6) is 0 Å². The van der Waals surface area contributed by atoms with Gasteiger partial charge in [0.2, 0.25) is 0 Å². The number of carbonyl (C=O) groups excluding carboxylic acids is 1. The molecule has 1 aliphatic rings. The maximum atomic E-state index is 12.0. The van der Waals surface area contributed by atoms with Gasteiger partial charge in [0.1, 0.15) is 12.1 Å². The molecule has 2 heterocycles. The van der Waals surface area contributed by atoms with E-state index in [2.05, 4.69) is 50.9 Å². The van der Waals surface area contributed by atoms with Gasteiger partial charge in [-0.2, -0.15) is 0 Å². The lowest BCUT2D eigenvalue weighted by Crippen LogP contribution is -2.48. The third kappa shape index (κ3) is 10.7. The fourth-order valence-corrected chi connectivity index (χ4v) is 6.47. The van der Waals surface area contributed by atoms with Crippen LogP contribution in [0.4, 0.5) is 5.82 Å². The highest BCUT2D eigenvalue weighted by Crippen LogP contribution is 2.33. The number of anilines is 1. The molecule has 2 aromatic carbocycles. The number of nitrogens with one attached hydrogen (secondary N) is 3. The Morgan fingerprint density at radius 3 is 2.54 bits per heavy atom. The number of carboxylic acid groups (broad SMARTS) is 1. The second kappa shape index (κ2) is 18.1. The monoisotopic (exact) mass is 631 g/mol. The van der Waals surface area contributed by atoms with Crippen molar-refractivity contribution in [2.75, 3.05) is 18.5 Å². The largest absolute Gasteiger partial charge is 0.478 e. The number of aliphatic hydroxyl groups is 2. The van der Waals surface area contributed by atoms with Crippen LogP contribution in [-0.2, 0) is 9.59 Å². The molecule has 248 valence electrons. The molecule has 1 aliphatic heterocycles. The molecule has 46 heavy (non-hydrogen) atoms. The zero-order chi connectivity index (χ0) is 32.7. The number of hydrogen-bond donors (Lipinski definition) is 7. The van der Waals surface area contributed by atoms with E-state index in [1.54, 1.807) is 0 Å². The number of H-pyrrole nitrogens is 1. The topological polar surface area (TPSA) is 173 Å². The van der Waals surface area contributed by atoms with Crippen molar-refractivity contribution in [1.82, 2.24) is 10.3 Å². The number of aliphatic carboxylic acids is 1. The molecule has 3 aromatic rings. The molecule has 0 amide bonds. The van der Waals surface area contributed by atoms with E-state index in [0.717, 1.165) is 36.9 Å². The Morgan fingerprint density at radius 1 is 1.00 bits per heavy atom. The highest BCUT2D eigenvalue weighted by molar-refractivity contribution is 5.84. The van der Waals surface area contributed by atoms with Crippen LogP contribution in [0.3, 0.4) is 0 Å². The Bertz CT molecular complexity index is 1440. The molecule has 0 aliphatic carbocycles. The van der Waals surface area contributed by atoms with E-state index in [1.807, 2.05) is 30.5 Å². The number of carboxylic acids is 1. The Hall–Kier alpha value is -4.15. The van der Waals surface area contributed by atoms with Crippen LogP contribution in [0.25, 0.3) is 10.8 Å². The summed E-state index contributed by atoms with van der Waals surface area (Å²) in [6.45, 7) is 0.588. The van der Waals surface area contributed by atoms with Crippen LogP contribution in [0.1, 0.15) is 75.7 Å². The number of aromatic amines is 1. The summed E-state index contributed by atoms with van der Waals surface area (Å²) in [6.07, 6.45) is 10.4. The summed E-state index contributed by atoms with van der Waals surface area (Å²) in [7, 11) is 0. The van der Waals surface area contributed by atoms with Crippen LogP contribution < -0.4 is 16.4 Å². The molecule has 0 radical (unpaired) electrons. The molecule has 0 unspecified atom stereocenters. The van der Waals surface area contributed by atoms with Crippen molar-refractivity contribution in [3.05, 3.63) is 78.0 Å². The molecule has 10 heteroatoms. The molecule has 0 fully saturated rings. The molecule has 0 bridgehead atoms. The molecule has 5 atom stereocenters. The Balaban J connectivity index is 1.51. The van der Waals surface area contributed by atoms with Crippen LogP contribution in [0, 0.1) is 5.92 Å². The van der Waals surface area contributed by atoms with Gasteiger partial charge in [-0.05, 0) is 97.7 Å². The number of hydrogen-bond acceptors (Lipinski definition) is 8. The van der Waals surface area contributed by atoms with Gasteiger partial charge in [0, 0.05) is 31.3 Å². The minimum absolute atomic E-state index is 0.0670. The van der Waals surface area contributed by atoms with E-state index in [-0.39, 0.29) is 30.5 Å². The van der Waals surface area contributed by atoms with Gasteiger partial charge in [-0.3, -0.25) is 4.99 Å². The number of aliphatic hydroxyl groups excluding tert-OH is 2. The lowest BCUT2D eigenvalue weighted by Gasteiger charge is -2.32. The minimum atomic E-state index is -1.01. The zero-order valence-corrected chi connectivity index (χ0v) is 26.5. The number of carbonyl (C=O) groups is 2. The normalized spacial score (nSPS) is 17.8. The van der Waals surface area contributed by atoms with Crippen molar-refractivity contribution in [3.63, 3.8) is 0 Å². The van der Waals surface area contributed by atoms with Gasteiger partial charge in [0.05, 0.1) is 18.2 Å². The van der Waals surface area contributed by atoms with Gasteiger partial charge in [-0.25, -0.2) is 4.79 Å². The van der Waals surface area contributed by atoms with Crippen molar-refractivity contribution in [2.24, 2.45) is 16.6 Å². The number of aromatic nitrogens is 1. The Morgan fingerprint density at radius 2 is 1.83 bits per heavy atom. The summed E-state index contributed by atoms with van der Waals surface area (Å²) in [5.41, 5.74) is 7.95. The zero-order valence-electron chi connectivity index (χ0n) is 26.5. The summed E-state index contributed by atoms with van der Waals surface area (Å²) in [5, 5.41) is 38.8. The van der Waals surface area contributed by atoms with E-state index in [1.165, 1.54) is 22.4 Å². The first-order chi connectivity index (χ1) is 22.4. The average molecular weight is 632 g/mol. The maximum Gasteiger partial charge on any atom is 0.328 e. The maximum absolute atomic E-state index is 12.0. The summed E-state index contributed by atoms with van der Waals surface area (Å²) >= 11 is 0. The first-order valence-electron chi connectivity index (χ1n) is 16.5. The number of aldehydes is 1. The van der Waals surface area contributed by atoms with Gasteiger partial charge < -0.3 is 41.5 Å². The van der Waals surface area contributed by atoms with Crippen LogP contribution >= 0.6 is 0 Å². The van der Waals surface area contributed by atoms with Crippen molar-refractivity contribution >= 4 is 34.8 Å². The van der Waals surface area contributed by atoms with E-state index >= 15 is 0 Å². The predicted octanol–water partition coefficient (Wildman–Crippen LogP) is 5.10. The molecular formula is C36H49N5O5. The number of nitrogens with zero attached hydrogens (tertiary/aromatic N) is 1. The number of aliphatic imine (C=N–C) groups is 1. The van der Waals surface area contributed by atoms with E-state index in [0.29, 0.717) is 57.5 Å². The van der Waals surface area contributed by atoms with Crippen molar-refractivity contribution in [1.29, 1.82) is 0 Å². The number of guanidine groups is 1. The second-order valence-corrected chi connectivity index (χ2v) is 12.3. The molecule has 0 spiro atoms. The molecule has 0 saturated carbocycles. The third-order valence-electron chi connectivity index (χ3n) is 8.98. The first-order valence-corrected chi connectivity index (χ1v) is 16.5. The van der Waals surface area contributed by atoms with Gasteiger partial charge in [0.15, 0.2) is 5.96 Å². The lowest BCUT2D eigenvalue weighted by atomic mass is 9.84. The highest BCUT2D eigenvalue weighted by Gasteiger charge is 2.28. The molecule has 8 N–H and O–H groups in total. The van der Waals surface area contributed by atoms with Crippen LogP contribution in [0.15, 0.2) is 77.4 Å². The van der Waals surface area contributed by atoms with E-state index in [4.69, 9.17) is 10.8 Å². The predicted molar refractivity (Wildman–Crippen MR) is 183 cm³/mol. The smallest absolute Gasteiger partial charge is 0.328 e. The molecule has 4 rings (SSSR count). The molecule has 0 saturated heterocycles. The molecular weight excluding hydrogens is 582 g/mol. The molecule has 1 aromatic heterocycles. The van der Waals surface area contributed by atoms with Crippen molar-refractivity contribution in [2.45, 2.75) is 88.3 Å². The van der Waals surface area contributed by atoms with Gasteiger partial charge >= 0.3 is 5.97 Å². The SMILES string of the molecule is NC1=NCC[C@H](/C(=C\C(=O)O)[C@H](CC[C@H](CCC[C@H](O)CC[C@H](C=O)CCCO)c2ccc3ccccc3c2)Nc2ccc[nH]2)N1. The number of rotatable bonds is 20. The summed E-state index contributed by atoms with van der Waals surface area (Å²) in [4.78, 5) is 30.9. The van der Waals surface area contributed by atoms with E-state index in [9.17, 15) is 19.8 Å². The third-order valence-corrected chi connectivity index (χ3v) is 8.98. The van der Waals surface area contributed by atoms with Gasteiger partial charge in [-0.15, -0.1) is 0 Å². The Kier molecular flexibility index (Phi) is 13.7. The van der Waals surface area contributed by atoms with Crippen molar-refractivity contribution in [3.8, 4) is 0 Å². The standard InChI is InChI=1S/C36H49N5O5/c37-36-39-20-18-33(41-36)31(23-35(45)46)32(40-34-11-4-19-38-34)17-15-27(29-14-13-26-7-1-2-8-28(26)22-29)9-3-10-30(44)16-12-25(24-43)6-5-21-42/h1-2,4,7-8,11,13-14,19,22-25,27,30,32-33,38,40,42,44H,3,5-6,9-10,12,15-18,20-21H2,(H,45,46)(H3,37,39,41)/b31-23-/t25-,27+,30+,32+,33-/m1/s1. The second-order valence-electron chi connectivity index (χ2n) is 12.3. The number of nitrogens with two attached hydrogens (primary N) is 1. The fourth-order valence-electron chi connectivity index (χ4n) is 6.47. The highest BCUT2D eigenvalue weighted by atomic mass is 16.4. The van der Waals surface area contributed by atoms with Gasteiger partial charge in [-0.1, -0.05) is 48.9 Å². The average Bonchev–Trinajstić information content (AvgIpc) is 3.57. The van der Waals surface area contributed by atoms with Gasteiger partial charge in [0.25, 0.3) is 0 Å². The Labute approximate surface area is 271 Å². The lowest BCUT2D eigenvalue weighted by molar-refractivity contribution is -0.131. The number of benzene rings is 2. The quantitative estimate of drug-likeness (QED) is 0.0666. The summed E-state index contributed by atoms with van der Waals surface area (Å²) < 4.78 is 0. The number of fused-ring (bicyclic) bond motifs is 1. The van der Waals surface area contributed by atoms with Crippen LogP contribution in [-0.4, -0.2) is 69.9 Å².